The molecule has 0 saturated heterocycles. The zero-order chi connectivity index (χ0) is 21.7. The van der Waals surface area contributed by atoms with E-state index in [0.29, 0.717) is 12.2 Å². The second kappa shape index (κ2) is 23.3. The molecule has 4 N–H and O–H groups in total. The summed E-state index contributed by atoms with van der Waals surface area (Å²) >= 11 is 0. The Morgan fingerprint density at radius 3 is 1.50 bits per heavy atom. The van der Waals surface area contributed by atoms with E-state index in [2.05, 4.69) is 17.9 Å². The summed E-state index contributed by atoms with van der Waals surface area (Å²) in [6, 6.07) is 0. The largest absolute Gasteiger partial charge is 0.479 e. The first-order valence-corrected chi connectivity index (χ1v) is 8.12. The summed E-state index contributed by atoms with van der Waals surface area (Å²) in [6.07, 6.45) is -0.102. The molecule has 0 aliphatic heterocycles. The maximum Gasteiger partial charge on any atom is 0.338 e. The van der Waals surface area contributed by atoms with Crippen LogP contribution in [0.2, 0.25) is 0 Å². The molecule has 156 valence electrons. The number of carboxylic acids is 1. The van der Waals surface area contributed by atoms with Crippen LogP contribution in [0.25, 0.3) is 0 Å². The average molecular weight is 380 g/mol. The van der Waals surface area contributed by atoms with E-state index < -0.39 is 30.8 Å². The minimum absolute atomic E-state index is 0.359. The number of aliphatic carboxylic acids is 1. The summed E-state index contributed by atoms with van der Waals surface area (Å²) in [7, 11) is 0. The van der Waals surface area contributed by atoms with Gasteiger partial charge in [0.05, 0.1) is 18.8 Å². The molecule has 0 aromatic heterocycles. The first kappa shape index (κ1) is 32.0. The van der Waals surface area contributed by atoms with Crippen LogP contribution in [-0.2, 0) is 19.1 Å². The fourth-order valence-electron chi connectivity index (χ4n) is 1.04. The number of esters is 1. The lowest BCUT2D eigenvalue weighted by atomic mass is 10.2. The Kier molecular flexibility index (Phi) is 28.6. The summed E-state index contributed by atoms with van der Waals surface area (Å²) in [5.74, 6) is -3.02. The molecular formula is C18H36O8. The molecule has 0 amide bonds. The van der Waals surface area contributed by atoms with Crippen molar-refractivity contribution < 1.29 is 39.5 Å². The van der Waals surface area contributed by atoms with E-state index in [1.165, 1.54) is 0 Å². The molecule has 2 atom stereocenters. The number of aliphatic hydroxyl groups excluding tert-OH is 3. The van der Waals surface area contributed by atoms with Gasteiger partial charge in [0.25, 0.3) is 0 Å². The Morgan fingerprint density at radius 2 is 1.31 bits per heavy atom. The van der Waals surface area contributed by atoms with Gasteiger partial charge in [-0.3, -0.25) is 0 Å². The van der Waals surface area contributed by atoms with Crippen LogP contribution in [0.4, 0.5) is 0 Å². The number of rotatable bonds is 7. The van der Waals surface area contributed by atoms with Gasteiger partial charge in [-0.15, -0.1) is 13.2 Å². The highest BCUT2D eigenvalue weighted by Crippen LogP contribution is 1.96. The number of hydrogen-bond acceptors (Lipinski definition) is 7. The zero-order valence-corrected chi connectivity index (χ0v) is 16.7. The minimum atomic E-state index is -2.22. The monoisotopic (exact) mass is 380 g/mol. The van der Waals surface area contributed by atoms with Gasteiger partial charge >= 0.3 is 11.9 Å². The van der Waals surface area contributed by atoms with E-state index in [0.717, 1.165) is 0 Å². The lowest BCUT2D eigenvalue weighted by Crippen LogP contribution is -2.40. The van der Waals surface area contributed by atoms with Crippen molar-refractivity contribution in [3.8, 4) is 0 Å². The summed E-state index contributed by atoms with van der Waals surface area (Å²) in [4.78, 5) is 20.7. The molecule has 2 unspecified atom stereocenters. The molecule has 0 radical (unpaired) electrons. The van der Waals surface area contributed by atoms with Gasteiger partial charge in [-0.05, 0) is 41.5 Å². The Bertz CT molecular complexity index is 341. The van der Waals surface area contributed by atoms with Crippen molar-refractivity contribution in [3.05, 3.63) is 25.3 Å². The third kappa shape index (κ3) is 30.2. The highest BCUT2D eigenvalue weighted by Gasteiger charge is 2.31. The molecule has 0 bridgehead atoms. The second-order valence-electron chi connectivity index (χ2n) is 5.17. The van der Waals surface area contributed by atoms with Crippen molar-refractivity contribution in [1.29, 1.82) is 0 Å². The lowest BCUT2D eigenvalue weighted by molar-refractivity contribution is -0.170. The molecule has 8 heteroatoms. The standard InChI is InChI=1S/C6H10O7.C6H14O.2C3H6/c7-1-2-13-6(12)4(9)3(8)5(10)11;1-5(2)7-6(3)4;2*1-3-2/h3-4,7-9H,1-2H2,(H,10,11);5-6H,1-4H3;2*3H,1H2,2H3. The molecule has 0 spiro atoms. The minimum Gasteiger partial charge on any atom is -0.479 e. The maximum atomic E-state index is 10.6. The van der Waals surface area contributed by atoms with E-state index in [9.17, 15) is 9.59 Å². The van der Waals surface area contributed by atoms with Crippen LogP contribution < -0.4 is 0 Å². The van der Waals surface area contributed by atoms with Crippen LogP contribution in [0.3, 0.4) is 0 Å². The maximum absolute atomic E-state index is 10.6. The Hall–Kier alpha value is -1.74. The Balaban J connectivity index is -0.000000155. The fraction of sp³-hybridized carbons (Fsp3) is 0.667. The van der Waals surface area contributed by atoms with E-state index in [1.807, 2.05) is 41.5 Å². The topological polar surface area (TPSA) is 134 Å². The first-order valence-electron chi connectivity index (χ1n) is 8.12. The normalized spacial score (nSPS) is 11.3. The van der Waals surface area contributed by atoms with Gasteiger partial charge < -0.3 is 29.9 Å². The second-order valence-corrected chi connectivity index (χ2v) is 5.17. The van der Waals surface area contributed by atoms with E-state index in [-0.39, 0.29) is 6.61 Å². The van der Waals surface area contributed by atoms with Crippen LogP contribution in [-0.4, -0.2) is 70.0 Å². The highest BCUT2D eigenvalue weighted by molar-refractivity contribution is 5.84. The van der Waals surface area contributed by atoms with E-state index in [1.54, 1.807) is 12.2 Å². The van der Waals surface area contributed by atoms with Crippen molar-refractivity contribution in [1.82, 2.24) is 0 Å². The summed E-state index contributed by atoms with van der Waals surface area (Å²) in [6.45, 7) is 17.9. The van der Waals surface area contributed by atoms with Gasteiger partial charge in [-0.2, -0.15) is 0 Å². The highest BCUT2D eigenvalue weighted by atomic mass is 16.6. The number of carbonyl (C=O) groups excluding carboxylic acids is 1. The molecule has 0 heterocycles. The Morgan fingerprint density at radius 1 is 0.962 bits per heavy atom. The predicted molar refractivity (Wildman–Crippen MR) is 101 cm³/mol. The molecular weight excluding hydrogens is 344 g/mol. The third-order valence-corrected chi connectivity index (χ3v) is 1.67. The molecule has 26 heavy (non-hydrogen) atoms. The summed E-state index contributed by atoms with van der Waals surface area (Å²) < 4.78 is 9.41. The van der Waals surface area contributed by atoms with Gasteiger partial charge in [-0.25, -0.2) is 9.59 Å². The van der Waals surface area contributed by atoms with E-state index >= 15 is 0 Å². The van der Waals surface area contributed by atoms with Crippen LogP contribution in [0.15, 0.2) is 25.3 Å². The van der Waals surface area contributed by atoms with Gasteiger partial charge in [0.1, 0.15) is 6.61 Å². The van der Waals surface area contributed by atoms with Crippen LogP contribution in [0.1, 0.15) is 41.5 Å². The number of carbonyl (C=O) groups is 2. The molecule has 0 aliphatic carbocycles. The van der Waals surface area contributed by atoms with Crippen molar-refractivity contribution in [2.24, 2.45) is 0 Å². The molecule has 0 rings (SSSR count). The van der Waals surface area contributed by atoms with Gasteiger partial charge in [0.15, 0.2) is 12.2 Å². The molecule has 0 aromatic carbocycles. The fourth-order valence-corrected chi connectivity index (χ4v) is 1.04. The van der Waals surface area contributed by atoms with Crippen molar-refractivity contribution in [2.45, 2.75) is 66.0 Å². The number of hydrogen-bond donors (Lipinski definition) is 4. The number of carboxylic acid groups (broad SMARTS) is 1. The van der Waals surface area contributed by atoms with Gasteiger partial charge in [0.2, 0.25) is 0 Å². The molecule has 0 saturated carbocycles. The van der Waals surface area contributed by atoms with Gasteiger partial charge in [-0.1, -0.05) is 12.2 Å². The smallest absolute Gasteiger partial charge is 0.338 e. The van der Waals surface area contributed by atoms with Crippen molar-refractivity contribution in [2.75, 3.05) is 13.2 Å². The van der Waals surface area contributed by atoms with Crippen LogP contribution in [0.5, 0.6) is 0 Å². The van der Waals surface area contributed by atoms with Crippen molar-refractivity contribution in [3.63, 3.8) is 0 Å². The molecule has 0 aromatic rings. The van der Waals surface area contributed by atoms with Crippen LogP contribution in [0, 0.1) is 0 Å². The summed E-state index contributed by atoms with van der Waals surface area (Å²) in [5.41, 5.74) is 0. The summed E-state index contributed by atoms with van der Waals surface area (Å²) in [5, 5.41) is 33.8. The lowest BCUT2D eigenvalue weighted by Gasteiger charge is -2.12. The Labute approximate surface area is 156 Å². The molecule has 0 fully saturated rings. The molecule has 8 nitrogen and oxygen atoms in total. The number of aliphatic hydroxyl groups is 3. The van der Waals surface area contributed by atoms with E-state index in [4.69, 9.17) is 25.2 Å². The third-order valence-electron chi connectivity index (χ3n) is 1.67. The van der Waals surface area contributed by atoms with Crippen molar-refractivity contribution >= 4 is 11.9 Å². The SMILES string of the molecule is C=CC.C=CC.CC(C)OC(C)C.O=C(O)C(O)C(O)C(=O)OCCO. The van der Waals surface area contributed by atoms with Crippen LogP contribution >= 0.6 is 0 Å². The zero-order valence-electron chi connectivity index (χ0n) is 16.7. The first-order chi connectivity index (χ1) is 12.0. The number of allylic oxidation sites excluding steroid dienone is 2. The quantitative estimate of drug-likeness (QED) is 0.386. The number of ether oxygens (including phenoxy) is 2. The molecule has 0 aliphatic rings. The predicted octanol–water partition coefficient (Wildman–Crippen LogP) is 1.53. The van der Waals surface area contributed by atoms with Gasteiger partial charge in [0, 0.05) is 0 Å². The average Bonchev–Trinajstić information content (AvgIpc) is 2.51.